The van der Waals surface area contributed by atoms with Gasteiger partial charge in [0.15, 0.2) is 24.3 Å². The number of hydrogen-bond donors (Lipinski definition) is 3. The molecule has 0 aromatic carbocycles. The maximum Gasteiger partial charge on any atom is 0.303 e. The van der Waals surface area contributed by atoms with Crippen molar-refractivity contribution >= 4 is 23.4 Å². The first kappa shape index (κ1) is 17.0. The Morgan fingerprint density at radius 1 is 1.20 bits per heavy atom. The molecule has 0 radical (unpaired) electrons. The summed E-state index contributed by atoms with van der Waals surface area (Å²) < 4.78 is 21.1. The number of aromatic amines is 1. The first-order chi connectivity index (χ1) is 11.9. The Bertz CT molecular complexity index is 749. The second kappa shape index (κ2) is 6.59. The molecule has 0 amide bonds. The molecule has 2 aliphatic heterocycles. The van der Waals surface area contributed by atoms with Gasteiger partial charge in [0.25, 0.3) is 11.6 Å². The van der Waals surface area contributed by atoms with Crippen molar-refractivity contribution in [2.24, 2.45) is 0 Å². The molecule has 3 rings (SSSR count). The van der Waals surface area contributed by atoms with Crippen molar-refractivity contribution in [3.8, 4) is 6.01 Å². The fourth-order valence-electron chi connectivity index (χ4n) is 2.83. The van der Waals surface area contributed by atoms with Crippen LogP contribution in [0.2, 0.25) is 0 Å². The van der Waals surface area contributed by atoms with E-state index in [2.05, 4.69) is 20.6 Å². The predicted octanol–water partition coefficient (Wildman–Crippen LogP) is -0.796. The van der Waals surface area contributed by atoms with Gasteiger partial charge in [0.1, 0.15) is 11.7 Å². The number of aromatic nitrogens is 2. The molecule has 1 saturated heterocycles. The largest absolute Gasteiger partial charge is 0.468 e. The number of nitrogens with zero attached hydrogens (tertiary/aromatic N) is 1. The number of fused-ring (bicyclic) bond motifs is 2. The molecule has 3 N–H and O–H groups in total. The van der Waals surface area contributed by atoms with Crippen LogP contribution in [0.5, 0.6) is 6.01 Å². The number of carbonyl (C=O) groups is 2. The van der Waals surface area contributed by atoms with Gasteiger partial charge in [0.2, 0.25) is 0 Å². The molecule has 0 spiro atoms. The minimum atomic E-state index is -0.845. The van der Waals surface area contributed by atoms with E-state index in [1.807, 2.05) is 0 Å². The summed E-state index contributed by atoms with van der Waals surface area (Å²) in [6, 6.07) is -0.618. The number of rotatable bonds is 3. The molecule has 25 heavy (non-hydrogen) atoms. The summed E-state index contributed by atoms with van der Waals surface area (Å²) in [6.07, 6.45) is -2.30. The summed E-state index contributed by atoms with van der Waals surface area (Å²) in [5.41, 5.74) is -0.324. The topological polar surface area (TPSA) is 141 Å². The lowest BCUT2D eigenvalue weighted by atomic mass is 9.98. The van der Waals surface area contributed by atoms with Gasteiger partial charge in [-0.2, -0.15) is 4.98 Å². The van der Waals surface area contributed by atoms with Gasteiger partial charge in [0.05, 0.1) is 13.7 Å². The Hall–Kier alpha value is -2.82. The van der Waals surface area contributed by atoms with Gasteiger partial charge in [-0.25, -0.2) is 0 Å². The van der Waals surface area contributed by atoms with Crippen LogP contribution in [0.15, 0.2) is 4.79 Å². The van der Waals surface area contributed by atoms with Crippen LogP contribution in [0, 0.1) is 0 Å². The minimum Gasteiger partial charge on any atom is -0.468 e. The number of hydrogen-bond acceptors (Lipinski definition) is 10. The maximum atomic E-state index is 12.2. The summed E-state index contributed by atoms with van der Waals surface area (Å²) in [6.45, 7) is 2.52. The van der Waals surface area contributed by atoms with Crippen molar-refractivity contribution < 1.29 is 28.5 Å². The van der Waals surface area contributed by atoms with Gasteiger partial charge in [-0.1, -0.05) is 0 Å². The standard InChI is InChI=1S/C14H18N4O7/c1-5(19)24-7-4-23-13-8(10(7)25-6(2)20)15-9-11(16-13)17-14(22-3)18-12(9)21/h7-8,10,13,15H,4H2,1-3H3,(H2,16,17,18,21)/t7-,8-,10-,13+/m1/s1. The predicted molar refractivity (Wildman–Crippen MR) is 83.3 cm³/mol. The Balaban J connectivity index is 1.93. The molecule has 4 atom stereocenters. The average molecular weight is 354 g/mol. The van der Waals surface area contributed by atoms with Gasteiger partial charge in [-0.15, -0.1) is 0 Å². The van der Waals surface area contributed by atoms with E-state index in [1.54, 1.807) is 0 Å². The zero-order valence-corrected chi connectivity index (χ0v) is 13.8. The Morgan fingerprint density at radius 2 is 1.92 bits per heavy atom. The minimum absolute atomic E-state index is 0.0169. The zero-order valence-electron chi connectivity index (χ0n) is 13.8. The highest BCUT2D eigenvalue weighted by molar-refractivity contribution is 5.69. The Labute approximate surface area is 142 Å². The fraction of sp³-hybridized carbons (Fsp3) is 0.571. The Morgan fingerprint density at radius 3 is 2.56 bits per heavy atom. The third-order valence-electron chi connectivity index (χ3n) is 3.79. The van der Waals surface area contributed by atoms with Crippen molar-refractivity contribution in [3.63, 3.8) is 0 Å². The maximum absolute atomic E-state index is 12.2. The van der Waals surface area contributed by atoms with Gasteiger partial charge < -0.3 is 29.6 Å². The third kappa shape index (κ3) is 3.36. The number of H-pyrrole nitrogens is 1. The summed E-state index contributed by atoms with van der Waals surface area (Å²) in [5.74, 6) is -0.829. The molecule has 0 bridgehead atoms. The molecule has 11 nitrogen and oxygen atoms in total. The molecule has 0 aliphatic carbocycles. The molecule has 136 valence electrons. The lowest BCUT2D eigenvalue weighted by Crippen LogP contribution is -2.63. The van der Waals surface area contributed by atoms with E-state index in [9.17, 15) is 14.4 Å². The molecule has 1 aromatic rings. The van der Waals surface area contributed by atoms with Crippen LogP contribution in [-0.2, 0) is 23.8 Å². The van der Waals surface area contributed by atoms with Crippen LogP contribution in [-0.4, -0.2) is 60.1 Å². The highest BCUT2D eigenvalue weighted by Gasteiger charge is 2.47. The van der Waals surface area contributed by atoms with E-state index in [4.69, 9.17) is 18.9 Å². The average Bonchev–Trinajstić information content (AvgIpc) is 2.54. The number of nitrogens with one attached hydrogen (secondary N) is 3. The van der Waals surface area contributed by atoms with Crippen molar-refractivity contribution in [3.05, 3.63) is 10.4 Å². The van der Waals surface area contributed by atoms with Gasteiger partial charge in [-0.05, 0) is 0 Å². The van der Waals surface area contributed by atoms with E-state index in [1.165, 1.54) is 21.0 Å². The van der Waals surface area contributed by atoms with Crippen LogP contribution < -0.4 is 20.9 Å². The van der Waals surface area contributed by atoms with Crippen molar-refractivity contribution in [1.82, 2.24) is 9.97 Å². The third-order valence-corrected chi connectivity index (χ3v) is 3.79. The fourth-order valence-corrected chi connectivity index (χ4v) is 2.83. The normalized spacial score (nSPS) is 27.0. The molecule has 1 fully saturated rings. The van der Waals surface area contributed by atoms with Crippen molar-refractivity contribution in [1.29, 1.82) is 0 Å². The van der Waals surface area contributed by atoms with Crippen LogP contribution in [0.4, 0.5) is 11.5 Å². The van der Waals surface area contributed by atoms with Gasteiger partial charge >= 0.3 is 11.9 Å². The highest BCUT2D eigenvalue weighted by Crippen LogP contribution is 2.31. The second-order valence-corrected chi connectivity index (χ2v) is 5.59. The lowest BCUT2D eigenvalue weighted by Gasteiger charge is -2.44. The number of carbonyl (C=O) groups excluding carboxylic acids is 2. The van der Waals surface area contributed by atoms with E-state index in [0.29, 0.717) is 0 Å². The number of anilines is 2. The van der Waals surface area contributed by atoms with Crippen molar-refractivity contribution in [2.75, 3.05) is 24.4 Å². The van der Waals surface area contributed by atoms with Crippen LogP contribution >= 0.6 is 0 Å². The molecule has 0 unspecified atom stereocenters. The summed E-state index contributed by atoms with van der Waals surface area (Å²) in [5, 5.41) is 5.92. The molecule has 1 aromatic heterocycles. The monoisotopic (exact) mass is 354 g/mol. The second-order valence-electron chi connectivity index (χ2n) is 5.59. The zero-order chi connectivity index (χ0) is 18.1. The highest BCUT2D eigenvalue weighted by atomic mass is 16.6. The number of methoxy groups -OCH3 is 1. The molecule has 3 heterocycles. The van der Waals surface area contributed by atoms with Crippen molar-refractivity contribution in [2.45, 2.75) is 38.3 Å². The van der Waals surface area contributed by atoms with E-state index in [-0.39, 0.29) is 24.1 Å². The molecule has 0 saturated carbocycles. The summed E-state index contributed by atoms with van der Waals surface area (Å²) >= 11 is 0. The van der Waals surface area contributed by atoms with E-state index >= 15 is 0 Å². The van der Waals surface area contributed by atoms with Crippen LogP contribution in [0.1, 0.15) is 13.8 Å². The first-order valence-corrected chi connectivity index (χ1v) is 7.56. The summed E-state index contributed by atoms with van der Waals surface area (Å²) in [7, 11) is 1.38. The van der Waals surface area contributed by atoms with E-state index < -0.39 is 42.0 Å². The van der Waals surface area contributed by atoms with E-state index in [0.717, 1.165) is 0 Å². The molecular formula is C14H18N4O7. The smallest absolute Gasteiger partial charge is 0.303 e. The lowest BCUT2D eigenvalue weighted by molar-refractivity contribution is -0.187. The SMILES string of the molecule is COc1nc2c(c(=O)[nH]1)N[C@@H]1[C@H](OC(C)=O)[C@H](OC(C)=O)CO[C@@H]1N2. The van der Waals surface area contributed by atoms with Gasteiger partial charge in [0, 0.05) is 13.8 Å². The molecule has 11 heteroatoms. The number of ether oxygens (including phenoxy) is 4. The van der Waals surface area contributed by atoms with Crippen LogP contribution in [0.25, 0.3) is 0 Å². The van der Waals surface area contributed by atoms with Crippen LogP contribution in [0.3, 0.4) is 0 Å². The molecule has 2 aliphatic rings. The van der Waals surface area contributed by atoms with Gasteiger partial charge in [-0.3, -0.25) is 19.4 Å². The Kier molecular flexibility index (Phi) is 4.49. The first-order valence-electron chi connectivity index (χ1n) is 7.56. The quantitative estimate of drug-likeness (QED) is 0.591. The number of esters is 2. The molecular weight excluding hydrogens is 336 g/mol. The summed E-state index contributed by atoms with van der Waals surface area (Å²) in [4.78, 5) is 41.5.